The molecule has 0 spiro atoms. The first-order valence-corrected chi connectivity index (χ1v) is 10.1. The van der Waals surface area contributed by atoms with Gasteiger partial charge in [0.2, 0.25) is 0 Å². The molecule has 1 atom stereocenters. The van der Waals surface area contributed by atoms with E-state index in [9.17, 15) is 0 Å². The van der Waals surface area contributed by atoms with Gasteiger partial charge in [-0.25, -0.2) is 4.98 Å². The first kappa shape index (κ1) is 17.0. The number of nitrogens with zero attached hydrogens (tertiary/aromatic N) is 1. The molecule has 3 aliphatic rings. The standard InChI is InChI=1S/C22H27N3O2/c1-13-9-16(17-11-23-12-17)10-19-21(13)27-14(2)20-18(3-6-24-22(20)25-19)15-4-7-26-8-5-15/h3,6,9-10,14-15,17,23H,4-5,7-8,11-12H2,1-2H3,(H,24,25). The molecular weight excluding hydrogens is 338 g/mol. The van der Waals surface area contributed by atoms with Crippen molar-refractivity contribution in [1.82, 2.24) is 10.3 Å². The highest BCUT2D eigenvalue weighted by Gasteiger charge is 2.29. The molecule has 5 nitrogen and oxygen atoms in total. The van der Waals surface area contributed by atoms with E-state index in [0.717, 1.165) is 56.4 Å². The van der Waals surface area contributed by atoms with E-state index in [4.69, 9.17) is 9.47 Å². The summed E-state index contributed by atoms with van der Waals surface area (Å²) in [6.07, 6.45) is 4.03. The van der Waals surface area contributed by atoms with Crippen LogP contribution in [0.4, 0.5) is 11.5 Å². The van der Waals surface area contributed by atoms with Crippen molar-refractivity contribution in [2.24, 2.45) is 0 Å². The average Bonchev–Trinajstić information content (AvgIpc) is 2.77. The molecule has 2 aromatic rings. The Kier molecular flexibility index (Phi) is 4.29. The summed E-state index contributed by atoms with van der Waals surface area (Å²) in [5, 5.41) is 6.97. The number of aromatic nitrogens is 1. The fourth-order valence-corrected chi connectivity index (χ4v) is 4.55. The van der Waals surface area contributed by atoms with Crippen molar-refractivity contribution in [1.29, 1.82) is 0 Å². The van der Waals surface area contributed by atoms with Crippen LogP contribution in [0.2, 0.25) is 0 Å². The van der Waals surface area contributed by atoms with E-state index in [1.807, 2.05) is 6.20 Å². The first-order chi connectivity index (χ1) is 13.2. The van der Waals surface area contributed by atoms with Crippen LogP contribution in [-0.4, -0.2) is 31.3 Å². The lowest BCUT2D eigenvalue weighted by atomic mass is 9.87. The second-order valence-electron chi connectivity index (χ2n) is 8.00. The number of hydrogen-bond donors (Lipinski definition) is 2. The van der Waals surface area contributed by atoms with E-state index in [0.29, 0.717) is 11.8 Å². The maximum atomic E-state index is 6.48. The van der Waals surface area contributed by atoms with Crippen molar-refractivity contribution >= 4 is 11.5 Å². The third-order valence-electron chi connectivity index (χ3n) is 6.19. The predicted octanol–water partition coefficient (Wildman–Crippen LogP) is 4.17. The molecule has 4 heterocycles. The van der Waals surface area contributed by atoms with Crippen LogP contribution >= 0.6 is 0 Å². The molecule has 2 N–H and O–H groups in total. The summed E-state index contributed by atoms with van der Waals surface area (Å²) in [6, 6.07) is 6.70. The lowest BCUT2D eigenvalue weighted by molar-refractivity contribution is 0.0846. The van der Waals surface area contributed by atoms with Gasteiger partial charge < -0.3 is 20.1 Å². The Morgan fingerprint density at radius 1 is 1.11 bits per heavy atom. The van der Waals surface area contributed by atoms with Gasteiger partial charge in [-0.3, -0.25) is 0 Å². The number of anilines is 2. The molecule has 2 fully saturated rings. The van der Waals surface area contributed by atoms with Gasteiger partial charge in [0.25, 0.3) is 0 Å². The fraction of sp³-hybridized carbons (Fsp3) is 0.500. The minimum absolute atomic E-state index is 0.0322. The first-order valence-electron chi connectivity index (χ1n) is 10.1. The predicted molar refractivity (Wildman–Crippen MR) is 106 cm³/mol. The Morgan fingerprint density at radius 3 is 2.67 bits per heavy atom. The molecule has 1 unspecified atom stereocenters. The zero-order valence-corrected chi connectivity index (χ0v) is 16.0. The van der Waals surface area contributed by atoms with Crippen LogP contribution < -0.4 is 15.4 Å². The van der Waals surface area contributed by atoms with Crippen molar-refractivity contribution in [2.75, 3.05) is 31.6 Å². The zero-order chi connectivity index (χ0) is 18.4. The number of benzene rings is 1. The van der Waals surface area contributed by atoms with Crippen LogP contribution in [0.25, 0.3) is 0 Å². The molecule has 5 rings (SSSR count). The summed E-state index contributed by atoms with van der Waals surface area (Å²) in [7, 11) is 0. The summed E-state index contributed by atoms with van der Waals surface area (Å²) >= 11 is 0. The van der Waals surface area contributed by atoms with E-state index in [-0.39, 0.29) is 6.10 Å². The lowest BCUT2D eigenvalue weighted by Gasteiger charge is -2.28. The van der Waals surface area contributed by atoms with Gasteiger partial charge in [-0.2, -0.15) is 0 Å². The molecule has 3 aliphatic heterocycles. The maximum absolute atomic E-state index is 6.48. The van der Waals surface area contributed by atoms with Crippen LogP contribution in [0.15, 0.2) is 24.4 Å². The van der Waals surface area contributed by atoms with Crippen molar-refractivity contribution in [3.05, 3.63) is 46.6 Å². The Hall–Kier alpha value is -2.11. The number of hydrogen-bond acceptors (Lipinski definition) is 5. The number of nitrogens with one attached hydrogen (secondary N) is 2. The Labute approximate surface area is 160 Å². The summed E-state index contributed by atoms with van der Waals surface area (Å²) in [6.45, 7) is 8.07. The van der Waals surface area contributed by atoms with Gasteiger partial charge in [0.1, 0.15) is 17.7 Å². The minimum Gasteiger partial charge on any atom is -0.483 e. The largest absolute Gasteiger partial charge is 0.483 e. The molecule has 0 amide bonds. The molecule has 0 aliphatic carbocycles. The third kappa shape index (κ3) is 2.99. The molecule has 0 bridgehead atoms. The number of aryl methyl sites for hydroxylation is 1. The quantitative estimate of drug-likeness (QED) is 0.837. The van der Waals surface area contributed by atoms with E-state index < -0.39 is 0 Å². The van der Waals surface area contributed by atoms with Crippen molar-refractivity contribution in [3.8, 4) is 5.75 Å². The molecule has 1 aromatic heterocycles. The smallest absolute Gasteiger partial charge is 0.146 e. The summed E-state index contributed by atoms with van der Waals surface area (Å²) < 4.78 is 12.0. The molecule has 27 heavy (non-hydrogen) atoms. The number of rotatable bonds is 2. The van der Waals surface area contributed by atoms with Gasteiger partial charge >= 0.3 is 0 Å². The number of pyridine rings is 1. The second kappa shape index (κ2) is 6.80. The van der Waals surface area contributed by atoms with Crippen LogP contribution in [0.3, 0.4) is 0 Å². The molecular formula is C22H27N3O2. The highest BCUT2D eigenvalue weighted by atomic mass is 16.5. The second-order valence-corrected chi connectivity index (χ2v) is 8.00. The van der Waals surface area contributed by atoms with Gasteiger partial charge in [0, 0.05) is 44.0 Å². The highest BCUT2D eigenvalue weighted by molar-refractivity contribution is 5.72. The Balaban J connectivity index is 1.56. The maximum Gasteiger partial charge on any atom is 0.146 e. The average molecular weight is 365 g/mol. The summed E-state index contributed by atoms with van der Waals surface area (Å²) in [5.74, 6) is 3.00. The van der Waals surface area contributed by atoms with Gasteiger partial charge in [-0.1, -0.05) is 6.07 Å². The van der Waals surface area contributed by atoms with E-state index in [2.05, 4.69) is 47.7 Å². The number of fused-ring (bicyclic) bond motifs is 2. The van der Waals surface area contributed by atoms with Crippen molar-refractivity contribution in [2.45, 2.75) is 44.6 Å². The van der Waals surface area contributed by atoms with Crippen molar-refractivity contribution < 1.29 is 9.47 Å². The molecule has 1 aromatic carbocycles. The summed E-state index contributed by atoms with van der Waals surface area (Å²) in [5.41, 5.74) is 6.16. The van der Waals surface area contributed by atoms with Crippen LogP contribution in [0.5, 0.6) is 5.75 Å². The molecule has 5 heteroatoms. The summed E-state index contributed by atoms with van der Waals surface area (Å²) in [4.78, 5) is 4.69. The Bertz CT molecular complexity index is 857. The molecule has 0 radical (unpaired) electrons. The normalized spacial score (nSPS) is 22.7. The topological polar surface area (TPSA) is 55.4 Å². The van der Waals surface area contributed by atoms with Crippen LogP contribution in [-0.2, 0) is 4.74 Å². The van der Waals surface area contributed by atoms with E-state index >= 15 is 0 Å². The lowest BCUT2D eigenvalue weighted by Crippen LogP contribution is -2.39. The number of ether oxygens (including phenoxy) is 2. The van der Waals surface area contributed by atoms with E-state index in [1.54, 1.807) is 0 Å². The minimum atomic E-state index is -0.0322. The monoisotopic (exact) mass is 365 g/mol. The fourth-order valence-electron chi connectivity index (χ4n) is 4.55. The third-order valence-corrected chi connectivity index (χ3v) is 6.19. The van der Waals surface area contributed by atoms with Gasteiger partial charge in [0.05, 0.1) is 5.69 Å². The van der Waals surface area contributed by atoms with Crippen molar-refractivity contribution in [3.63, 3.8) is 0 Å². The van der Waals surface area contributed by atoms with Crippen LogP contribution in [0, 0.1) is 6.92 Å². The van der Waals surface area contributed by atoms with Crippen LogP contribution in [0.1, 0.15) is 60.0 Å². The van der Waals surface area contributed by atoms with Gasteiger partial charge in [-0.15, -0.1) is 0 Å². The SMILES string of the molecule is Cc1cc(C2CNC2)cc2c1OC(C)c1c(C3CCOCC3)ccnc1N2. The van der Waals surface area contributed by atoms with Gasteiger partial charge in [-0.05, 0) is 61.4 Å². The molecule has 2 saturated heterocycles. The molecule has 0 saturated carbocycles. The molecule has 142 valence electrons. The highest BCUT2D eigenvalue weighted by Crippen LogP contribution is 2.44. The zero-order valence-electron chi connectivity index (χ0n) is 16.0. The Morgan fingerprint density at radius 2 is 1.93 bits per heavy atom. The van der Waals surface area contributed by atoms with Gasteiger partial charge in [0.15, 0.2) is 0 Å². The van der Waals surface area contributed by atoms with E-state index in [1.165, 1.54) is 22.3 Å².